The molecule has 112 valence electrons. The lowest BCUT2D eigenvalue weighted by Gasteiger charge is -2.17. The first-order valence-corrected chi connectivity index (χ1v) is 6.82. The maximum absolute atomic E-state index is 11.8. The lowest BCUT2D eigenvalue weighted by atomic mass is 10.2. The number of nitrogens with one attached hydrogen (secondary N) is 1. The number of urea groups is 1. The van der Waals surface area contributed by atoms with Crippen molar-refractivity contribution in [1.29, 1.82) is 0 Å². The van der Waals surface area contributed by atoms with Crippen LogP contribution in [0, 0.1) is 6.92 Å². The van der Waals surface area contributed by atoms with E-state index in [9.17, 15) is 4.79 Å². The van der Waals surface area contributed by atoms with Gasteiger partial charge in [-0.15, -0.1) is 0 Å². The molecule has 0 saturated heterocycles. The van der Waals surface area contributed by atoms with Gasteiger partial charge in [0.05, 0.1) is 18.0 Å². The van der Waals surface area contributed by atoms with Crippen LogP contribution >= 0.6 is 0 Å². The summed E-state index contributed by atoms with van der Waals surface area (Å²) < 4.78 is 1.80. The van der Waals surface area contributed by atoms with Crippen LogP contribution in [0.25, 0.3) is 5.69 Å². The van der Waals surface area contributed by atoms with Crippen LogP contribution in [0.5, 0.6) is 0 Å². The fraction of sp³-hybridized carbons (Fsp3) is 0.333. The van der Waals surface area contributed by atoms with E-state index in [0.717, 1.165) is 16.9 Å². The Balaban J connectivity index is 2.09. The number of hydrogen-bond donors (Lipinski definition) is 2. The Morgan fingerprint density at radius 3 is 2.81 bits per heavy atom. The highest BCUT2D eigenvalue weighted by Gasteiger charge is 2.09. The van der Waals surface area contributed by atoms with Gasteiger partial charge in [0.15, 0.2) is 0 Å². The minimum Gasteiger partial charge on any atom is -0.395 e. The topological polar surface area (TPSA) is 70.4 Å². The van der Waals surface area contributed by atoms with Crippen LogP contribution in [0.2, 0.25) is 0 Å². The molecular formula is C15H20N4O2. The molecule has 0 saturated carbocycles. The third-order valence-electron chi connectivity index (χ3n) is 3.17. The Bertz CT molecular complexity index is 609. The summed E-state index contributed by atoms with van der Waals surface area (Å²) >= 11 is 0. The largest absolute Gasteiger partial charge is 0.395 e. The zero-order valence-electron chi connectivity index (χ0n) is 12.3. The Morgan fingerprint density at radius 1 is 1.38 bits per heavy atom. The molecule has 2 rings (SSSR count). The molecule has 0 fully saturated rings. The van der Waals surface area contributed by atoms with Crippen molar-refractivity contribution in [1.82, 2.24) is 20.0 Å². The molecule has 2 aromatic rings. The number of likely N-dealkylation sites (N-methyl/N-ethyl adjacent to an activating group) is 1. The molecule has 6 nitrogen and oxygen atoms in total. The Morgan fingerprint density at radius 2 is 2.14 bits per heavy atom. The van der Waals surface area contributed by atoms with Gasteiger partial charge < -0.3 is 15.3 Å². The lowest BCUT2D eigenvalue weighted by molar-refractivity contribution is 0.190. The molecule has 0 radical (unpaired) electrons. The second-order valence-electron chi connectivity index (χ2n) is 4.83. The number of amides is 2. The predicted octanol–water partition coefficient (Wildman–Crippen LogP) is 1.31. The molecule has 0 bridgehead atoms. The second kappa shape index (κ2) is 6.90. The standard InChI is InChI=1S/C15H20N4O2/c1-12-7-8-19(17-12)14-6-4-3-5-13(14)11-16-15(21)18(2)9-10-20/h3-8,20H,9-11H2,1-2H3,(H,16,21). The summed E-state index contributed by atoms with van der Waals surface area (Å²) in [6, 6.07) is 9.51. The maximum Gasteiger partial charge on any atom is 0.317 e. The molecule has 2 N–H and O–H groups in total. The zero-order chi connectivity index (χ0) is 15.2. The average molecular weight is 288 g/mol. The molecule has 0 atom stereocenters. The molecule has 2 amide bonds. The third-order valence-corrected chi connectivity index (χ3v) is 3.17. The van der Waals surface area contributed by atoms with Crippen LogP contribution in [-0.4, -0.2) is 46.0 Å². The number of carbonyl (C=O) groups is 1. The van der Waals surface area contributed by atoms with E-state index in [1.807, 2.05) is 43.5 Å². The minimum atomic E-state index is -0.213. The van der Waals surface area contributed by atoms with E-state index < -0.39 is 0 Å². The number of aryl methyl sites for hydroxylation is 1. The first-order valence-electron chi connectivity index (χ1n) is 6.82. The Labute approximate surface area is 124 Å². The van der Waals surface area contributed by atoms with Crippen LogP contribution in [0.4, 0.5) is 4.79 Å². The second-order valence-corrected chi connectivity index (χ2v) is 4.83. The van der Waals surface area contributed by atoms with E-state index >= 15 is 0 Å². The van der Waals surface area contributed by atoms with Gasteiger partial charge in [0.1, 0.15) is 0 Å². The van der Waals surface area contributed by atoms with Crippen LogP contribution < -0.4 is 5.32 Å². The molecule has 21 heavy (non-hydrogen) atoms. The van der Waals surface area contributed by atoms with E-state index in [-0.39, 0.29) is 12.6 Å². The molecule has 0 aliphatic carbocycles. The first kappa shape index (κ1) is 15.1. The number of para-hydroxylation sites is 1. The van der Waals surface area contributed by atoms with Gasteiger partial charge in [-0.05, 0) is 24.6 Å². The smallest absolute Gasteiger partial charge is 0.317 e. The van der Waals surface area contributed by atoms with Gasteiger partial charge in [0.2, 0.25) is 0 Å². The number of aliphatic hydroxyl groups excluding tert-OH is 1. The fourth-order valence-corrected chi connectivity index (χ4v) is 1.99. The minimum absolute atomic E-state index is 0.0485. The molecule has 0 aliphatic heterocycles. The zero-order valence-corrected chi connectivity index (χ0v) is 12.3. The molecule has 0 aliphatic rings. The third kappa shape index (κ3) is 3.82. The number of hydrogen-bond acceptors (Lipinski definition) is 3. The molecule has 0 unspecified atom stereocenters. The summed E-state index contributed by atoms with van der Waals surface area (Å²) in [5, 5.41) is 16.1. The van der Waals surface area contributed by atoms with Crippen molar-refractivity contribution in [3.63, 3.8) is 0 Å². The number of aliphatic hydroxyl groups is 1. The van der Waals surface area contributed by atoms with Gasteiger partial charge in [-0.3, -0.25) is 0 Å². The summed E-state index contributed by atoms with van der Waals surface area (Å²) in [6.07, 6.45) is 1.90. The quantitative estimate of drug-likeness (QED) is 0.871. The number of nitrogens with zero attached hydrogens (tertiary/aromatic N) is 3. The van der Waals surface area contributed by atoms with Crippen molar-refractivity contribution in [2.45, 2.75) is 13.5 Å². The van der Waals surface area contributed by atoms with Crippen LogP contribution in [0.3, 0.4) is 0 Å². The van der Waals surface area contributed by atoms with Crippen LogP contribution in [0.1, 0.15) is 11.3 Å². The number of aromatic nitrogens is 2. The summed E-state index contributed by atoms with van der Waals surface area (Å²) in [6.45, 7) is 2.60. The number of benzene rings is 1. The summed E-state index contributed by atoms with van der Waals surface area (Å²) in [5.74, 6) is 0. The number of rotatable bonds is 5. The van der Waals surface area contributed by atoms with Crippen molar-refractivity contribution in [3.05, 3.63) is 47.8 Å². The highest BCUT2D eigenvalue weighted by molar-refractivity contribution is 5.73. The fourth-order valence-electron chi connectivity index (χ4n) is 1.99. The van der Waals surface area contributed by atoms with Crippen LogP contribution in [-0.2, 0) is 6.54 Å². The maximum atomic E-state index is 11.8. The van der Waals surface area contributed by atoms with Gasteiger partial charge in [0, 0.05) is 26.3 Å². The predicted molar refractivity (Wildman–Crippen MR) is 80.3 cm³/mol. The molecule has 1 aromatic carbocycles. The molecular weight excluding hydrogens is 268 g/mol. The molecule has 1 aromatic heterocycles. The van der Waals surface area contributed by atoms with Crippen molar-refractivity contribution in [3.8, 4) is 5.69 Å². The lowest BCUT2D eigenvalue weighted by Crippen LogP contribution is -2.38. The summed E-state index contributed by atoms with van der Waals surface area (Å²) in [5.41, 5.74) is 2.86. The van der Waals surface area contributed by atoms with Gasteiger partial charge in [0.25, 0.3) is 0 Å². The summed E-state index contributed by atoms with van der Waals surface area (Å²) in [7, 11) is 1.65. The monoisotopic (exact) mass is 288 g/mol. The first-order chi connectivity index (χ1) is 10.1. The van der Waals surface area contributed by atoms with Crippen molar-refractivity contribution in [2.24, 2.45) is 0 Å². The average Bonchev–Trinajstić information content (AvgIpc) is 2.91. The normalized spacial score (nSPS) is 10.4. The van der Waals surface area contributed by atoms with E-state index in [4.69, 9.17) is 5.11 Å². The van der Waals surface area contributed by atoms with Crippen molar-refractivity contribution >= 4 is 6.03 Å². The summed E-state index contributed by atoms with van der Waals surface area (Å²) in [4.78, 5) is 13.3. The van der Waals surface area contributed by atoms with E-state index in [1.165, 1.54) is 4.90 Å². The van der Waals surface area contributed by atoms with Crippen molar-refractivity contribution < 1.29 is 9.90 Å². The van der Waals surface area contributed by atoms with Crippen molar-refractivity contribution in [2.75, 3.05) is 20.2 Å². The molecule has 0 spiro atoms. The van der Waals surface area contributed by atoms with E-state index in [1.54, 1.807) is 11.7 Å². The van der Waals surface area contributed by atoms with Gasteiger partial charge in [-0.1, -0.05) is 18.2 Å². The molecule has 6 heteroatoms. The highest BCUT2D eigenvalue weighted by atomic mass is 16.3. The molecule has 1 heterocycles. The van der Waals surface area contributed by atoms with E-state index in [2.05, 4.69) is 10.4 Å². The SMILES string of the molecule is Cc1ccn(-c2ccccc2CNC(=O)N(C)CCO)n1. The van der Waals surface area contributed by atoms with Gasteiger partial charge in [-0.2, -0.15) is 5.10 Å². The van der Waals surface area contributed by atoms with Gasteiger partial charge >= 0.3 is 6.03 Å². The van der Waals surface area contributed by atoms with Crippen LogP contribution in [0.15, 0.2) is 36.5 Å². The Kier molecular flexibility index (Phi) is 4.94. The highest BCUT2D eigenvalue weighted by Crippen LogP contribution is 2.14. The van der Waals surface area contributed by atoms with E-state index in [0.29, 0.717) is 13.1 Å². The number of carbonyl (C=O) groups excluding carboxylic acids is 1. The van der Waals surface area contributed by atoms with Gasteiger partial charge in [-0.25, -0.2) is 9.48 Å². The Hall–Kier alpha value is -2.34.